The van der Waals surface area contributed by atoms with E-state index < -0.39 is 10.0 Å². The monoisotopic (exact) mass is 402 g/mol. The largest absolute Gasteiger partial charge is 0.356 e. The van der Waals surface area contributed by atoms with Crippen LogP contribution in [-0.4, -0.2) is 27.4 Å². The van der Waals surface area contributed by atoms with Crippen molar-refractivity contribution in [3.05, 3.63) is 26.7 Å². The Balaban J connectivity index is 2.82. The molecule has 0 heterocycles. The zero-order valence-electron chi connectivity index (χ0n) is 10.5. The van der Waals surface area contributed by atoms with E-state index >= 15 is 0 Å². The Morgan fingerprint density at radius 2 is 1.85 bits per heavy atom. The van der Waals surface area contributed by atoms with Crippen molar-refractivity contribution >= 4 is 55.1 Å². The molecule has 0 saturated heterocycles. The summed E-state index contributed by atoms with van der Waals surface area (Å²) in [6.07, 6.45) is 0.0405. The minimum atomic E-state index is -3.86. The van der Waals surface area contributed by atoms with Crippen LogP contribution in [0.5, 0.6) is 0 Å². The number of nitrogens with one attached hydrogen (secondary N) is 2. The third-order valence-corrected chi connectivity index (χ3v) is 5.09. The Bertz CT molecular complexity index is 585. The predicted octanol–water partition coefficient (Wildman–Crippen LogP) is 2.56. The van der Waals surface area contributed by atoms with Gasteiger partial charge in [0.1, 0.15) is 4.90 Å². The number of halogens is 3. The molecule has 5 nitrogen and oxygen atoms in total. The standard InChI is InChI=1S/C11H13BrCl2N2O3S/c1-2-15-10(17)3-4-16-20(18,19)11-8(13)5-7(12)6-9(11)14/h5-6,16H,2-4H2,1H3,(H,15,17). The van der Waals surface area contributed by atoms with E-state index in [1.165, 1.54) is 12.1 Å². The number of amides is 1. The number of benzene rings is 1. The van der Waals surface area contributed by atoms with Crippen molar-refractivity contribution in [2.24, 2.45) is 0 Å². The van der Waals surface area contributed by atoms with Gasteiger partial charge in [0.05, 0.1) is 10.0 Å². The third kappa shape index (κ3) is 4.89. The van der Waals surface area contributed by atoms with Gasteiger partial charge in [0, 0.05) is 24.0 Å². The fraction of sp³-hybridized carbons (Fsp3) is 0.364. The van der Waals surface area contributed by atoms with Crippen molar-refractivity contribution in [2.75, 3.05) is 13.1 Å². The quantitative estimate of drug-likeness (QED) is 0.766. The molecule has 0 saturated carbocycles. The molecule has 0 aliphatic heterocycles. The Labute approximate surface area is 136 Å². The lowest BCUT2D eigenvalue weighted by molar-refractivity contribution is -0.120. The number of carbonyl (C=O) groups excluding carboxylic acids is 1. The molecular formula is C11H13BrCl2N2O3S. The highest BCUT2D eigenvalue weighted by Gasteiger charge is 2.22. The first-order valence-electron chi connectivity index (χ1n) is 5.69. The van der Waals surface area contributed by atoms with Gasteiger partial charge in [0.25, 0.3) is 0 Å². The minimum Gasteiger partial charge on any atom is -0.356 e. The molecule has 0 radical (unpaired) electrons. The molecule has 2 N–H and O–H groups in total. The Kier molecular flexibility index (Phi) is 6.74. The van der Waals surface area contributed by atoms with E-state index in [0.717, 1.165) is 0 Å². The second-order valence-corrected chi connectivity index (χ2v) is 7.23. The topological polar surface area (TPSA) is 75.3 Å². The maximum Gasteiger partial charge on any atom is 0.243 e. The number of hydrogen-bond acceptors (Lipinski definition) is 3. The smallest absolute Gasteiger partial charge is 0.243 e. The van der Waals surface area contributed by atoms with Crippen molar-refractivity contribution in [2.45, 2.75) is 18.2 Å². The zero-order chi connectivity index (χ0) is 15.3. The molecule has 1 amide bonds. The number of rotatable bonds is 6. The van der Waals surface area contributed by atoms with E-state index in [1.54, 1.807) is 6.92 Å². The van der Waals surface area contributed by atoms with Gasteiger partial charge in [-0.3, -0.25) is 4.79 Å². The summed E-state index contributed by atoms with van der Waals surface area (Å²) in [7, 11) is -3.86. The van der Waals surface area contributed by atoms with Gasteiger partial charge < -0.3 is 5.32 Å². The fourth-order valence-electron chi connectivity index (χ4n) is 1.44. The minimum absolute atomic E-state index is 0.00915. The van der Waals surface area contributed by atoms with Crippen LogP contribution in [0.4, 0.5) is 0 Å². The van der Waals surface area contributed by atoms with Crippen molar-refractivity contribution in [1.82, 2.24) is 10.0 Å². The summed E-state index contributed by atoms with van der Waals surface area (Å²) in [6.45, 7) is 2.25. The van der Waals surface area contributed by atoms with Gasteiger partial charge in [-0.2, -0.15) is 0 Å². The molecule has 0 bridgehead atoms. The number of carbonyl (C=O) groups is 1. The summed E-state index contributed by atoms with van der Waals surface area (Å²) < 4.78 is 27.1. The van der Waals surface area contributed by atoms with Gasteiger partial charge in [-0.15, -0.1) is 0 Å². The lowest BCUT2D eigenvalue weighted by Crippen LogP contribution is -2.30. The van der Waals surface area contributed by atoms with Crippen molar-refractivity contribution in [1.29, 1.82) is 0 Å². The molecule has 0 aliphatic rings. The highest BCUT2D eigenvalue weighted by atomic mass is 79.9. The van der Waals surface area contributed by atoms with Crippen LogP contribution in [0.15, 0.2) is 21.5 Å². The predicted molar refractivity (Wildman–Crippen MR) is 82.7 cm³/mol. The van der Waals surface area contributed by atoms with Crippen LogP contribution in [0.25, 0.3) is 0 Å². The van der Waals surface area contributed by atoms with Crippen LogP contribution in [0.2, 0.25) is 10.0 Å². The van der Waals surface area contributed by atoms with Gasteiger partial charge in [0.2, 0.25) is 15.9 Å². The van der Waals surface area contributed by atoms with Crippen molar-refractivity contribution in [3.8, 4) is 0 Å². The van der Waals surface area contributed by atoms with E-state index in [2.05, 4.69) is 26.0 Å². The molecule has 0 fully saturated rings. The molecule has 1 aromatic carbocycles. The summed E-state index contributed by atoms with van der Waals surface area (Å²) in [6, 6.07) is 2.87. The number of sulfonamides is 1. The molecule has 0 atom stereocenters. The molecule has 112 valence electrons. The van der Waals surface area contributed by atoms with Crippen molar-refractivity contribution < 1.29 is 13.2 Å². The molecule has 0 spiro atoms. The Morgan fingerprint density at radius 1 is 1.30 bits per heavy atom. The highest BCUT2D eigenvalue weighted by molar-refractivity contribution is 9.10. The molecule has 0 unspecified atom stereocenters. The van der Waals surface area contributed by atoms with Crippen LogP contribution < -0.4 is 10.0 Å². The maximum atomic E-state index is 12.1. The van der Waals surface area contributed by atoms with E-state index in [9.17, 15) is 13.2 Å². The molecule has 1 rings (SSSR count). The average Bonchev–Trinajstić information content (AvgIpc) is 2.26. The van der Waals surface area contributed by atoms with Crippen LogP contribution in [0.1, 0.15) is 13.3 Å². The number of hydrogen-bond donors (Lipinski definition) is 2. The van der Waals surface area contributed by atoms with Crippen molar-refractivity contribution in [3.63, 3.8) is 0 Å². The lowest BCUT2D eigenvalue weighted by atomic mass is 10.4. The summed E-state index contributed by atoms with van der Waals surface area (Å²) in [5.41, 5.74) is 0. The summed E-state index contributed by atoms with van der Waals surface area (Å²) in [5.74, 6) is -0.233. The zero-order valence-corrected chi connectivity index (χ0v) is 14.5. The summed E-state index contributed by atoms with van der Waals surface area (Å²) >= 11 is 15.0. The molecule has 9 heteroatoms. The van der Waals surface area contributed by atoms with Crippen LogP contribution in [0, 0.1) is 0 Å². The van der Waals surface area contributed by atoms with Gasteiger partial charge in [-0.25, -0.2) is 13.1 Å². The molecule has 1 aromatic rings. The maximum absolute atomic E-state index is 12.1. The van der Waals surface area contributed by atoms with Gasteiger partial charge >= 0.3 is 0 Å². The average molecular weight is 404 g/mol. The summed E-state index contributed by atoms with van der Waals surface area (Å²) in [4.78, 5) is 11.0. The molecular weight excluding hydrogens is 391 g/mol. The van der Waals surface area contributed by atoms with Gasteiger partial charge in [-0.05, 0) is 19.1 Å². The first kappa shape index (κ1) is 17.7. The van der Waals surface area contributed by atoms with E-state index in [-0.39, 0.29) is 33.8 Å². The molecule has 20 heavy (non-hydrogen) atoms. The third-order valence-electron chi connectivity index (χ3n) is 2.25. The molecule has 0 aliphatic carbocycles. The van der Waals surface area contributed by atoms with Crippen LogP contribution in [0.3, 0.4) is 0 Å². The van der Waals surface area contributed by atoms with Gasteiger partial charge in [0.15, 0.2) is 0 Å². The van der Waals surface area contributed by atoms with Crippen LogP contribution >= 0.6 is 39.1 Å². The first-order chi connectivity index (χ1) is 9.27. The van der Waals surface area contributed by atoms with E-state index in [4.69, 9.17) is 23.2 Å². The Morgan fingerprint density at radius 3 is 2.35 bits per heavy atom. The van der Waals surface area contributed by atoms with E-state index in [1.807, 2.05) is 0 Å². The van der Waals surface area contributed by atoms with E-state index in [0.29, 0.717) is 11.0 Å². The van der Waals surface area contributed by atoms with Crippen LogP contribution in [-0.2, 0) is 14.8 Å². The first-order valence-corrected chi connectivity index (χ1v) is 8.72. The highest BCUT2D eigenvalue weighted by Crippen LogP contribution is 2.32. The second kappa shape index (κ2) is 7.61. The fourth-order valence-corrected chi connectivity index (χ4v) is 4.41. The van der Waals surface area contributed by atoms with Gasteiger partial charge in [-0.1, -0.05) is 39.1 Å². The lowest BCUT2D eigenvalue weighted by Gasteiger charge is -2.10. The molecule has 0 aromatic heterocycles. The SMILES string of the molecule is CCNC(=O)CCNS(=O)(=O)c1c(Cl)cc(Br)cc1Cl. The second-order valence-electron chi connectivity index (χ2n) is 3.80. The Hall–Kier alpha value is -0.340. The normalized spacial score (nSPS) is 11.4. The summed E-state index contributed by atoms with van der Waals surface area (Å²) in [5, 5.41) is 2.59.